The summed E-state index contributed by atoms with van der Waals surface area (Å²) in [6.45, 7) is 6.11. The zero-order chi connectivity index (χ0) is 14.3. The highest BCUT2D eigenvalue weighted by molar-refractivity contribution is 5.67. The number of benzene rings is 1. The number of carbonyl (C=O) groups excluding carboxylic acids is 1. The van der Waals surface area contributed by atoms with E-state index in [0.29, 0.717) is 18.9 Å². The Morgan fingerprint density at radius 3 is 2.74 bits per heavy atom. The highest BCUT2D eigenvalue weighted by atomic mass is 16.6. The number of nitrogens with one attached hydrogen (secondary N) is 1. The molecule has 5 nitrogen and oxygen atoms in total. The van der Waals surface area contributed by atoms with Gasteiger partial charge >= 0.3 is 6.09 Å². The third kappa shape index (κ3) is 6.67. The van der Waals surface area contributed by atoms with Gasteiger partial charge in [0.15, 0.2) is 0 Å². The second-order valence-corrected chi connectivity index (χ2v) is 5.08. The fourth-order valence-electron chi connectivity index (χ4n) is 1.37. The van der Waals surface area contributed by atoms with Crippen molar-refractivity contribution in [2.75, 3.05) is 13.2 Å². The van der Waals surface area contributed by atoms with Crippen molar-refractivity contribution in [1.29, 1.82) is 0 Å². The number of amides is 1. The number of hydrogen-bond acceptors (Lipinski definition) is 4. The fraction of sp³-hybridized carbons (Fsp3) is 0.500. The Morgan fingerprint density at radius 2 is 2.11 bits per heavy atom. The number of aliphatic hydroxyl groups is 1. The molecule has 1 rings (SSSR count). The second kappa shape index (κ2) is 6.99. The number of rotatable bonds is 5. The van der Waals surface area contributed by atoms with Crippen molar-refractivity contribution in [2.45, 2.75) is 33.0 Å². The van der Waals surface area contributed by atoms with E-state index >= 15 is 0 Å². The number of carbonyl (C=O) groups is 1. The summed E-state index contributed by atoms with van der Waals surface area (Å²) in [5.74, 6) is 0.664. The molecule has 0 aliphatic carbocycles. The lowest BCUT2D eigenvalue weighted by molar-refractivity contribution is 0.0520. The largest absolute Gasteiger partial charge is 0.492 e. The summed E-state index contributed by atoms with van der Waals surface area (Å²) in [6.07, 6.45) is -0.458. The Morgan fingerprint density at radius 1 is 1.37 bits per heavy atom. The van der Waals surface area contributed by atoms with Gasteiger partial charge in [-0.3, -0.25) is 0 Å². The van der Waals surface area contributed by atoms with Crippen molar-refractivity contribution in [1.82, 2.24) is 5.32 Å². The smallest absolute Gasteiger partial charge is 0.407 e. The van der Waals surface area contributed by atoms with Crippen LogP contribution < -0.4 is 10.1 Å². The molecule has 0 fully saturated rings. The minimum Gasteiger partial charge on any atom is -0.492 e. The number of alkyl carbamates (subject to hydrolysis) is 1. The summed E-state index contributed by atoms with van der Waals surface area (Å²) >= 11 is 0. The minimum absolute atomic E-state index is 0.0205. The van der Waals surface area contributed by atoms with Gasteiger partial charge in [-0.25, -0.2) is 4.79 Å². The van der Waals surface area contributed by atoms with Gasteiger partial charge in [0.05, 0.1) is 13.2 Å². The number of aliphatic hydroxyl groups excluding tert-OH is 1. The highest BCUT2D eigenvalue weighted by Gasteiger charge is 2.15. The molecule has 0 saturated heterocycles. The fourth-order valence-corrected chi connectivity index (χ4v) is 1.37. The molecular weight excluding hydrogens is 246 g/mol. The lowest BCUT2D eigenvalue weighted by Crippen LogP contribution is -2.34. The summed E-state index contributed by atoms with van der Waals surface area (Å²) in [4.78, 5) is 11.3. The summed E-state index contributed by atoms with van der Waals surface area (Å²) < 4.78 is 10.5. The lowest BCUT2D eigenvalue weighted by Gasteiger charge is -2.19. The van der Waals surface area contributed by atoms with Crippen molar-refractivity contribution < 1.29 is 19.4 Å². The van der Waals surface area contributed by atoms with Crippen molar-refractivity contribution in [3.8, 4) is 5.75 Å². The first-order chi connectivity index (χ1) is 8.90. The molecule has 1 amide bonds. The topological polar surface area (TPSA) is 67.8 Å². The summed E-state index contributed by atoms with van der Waals surface area (Å²) in [5.41, 5.74) is 0.290. The first-order valence-electron chi connectivity index (χ1n) is 6.20. The first-order valence-corrected chi connectivity index (χ1v) is 6.20. The Kier molecular flexibility index (Phi) is 5.63. The monoisotopic (exact) mass is 267 g/mol. The molecule has 1 aromatic rings. The molecule has 0 aliphatic rings. The van der Waals surface area contributed by atoms with Crippen molar-refractivity contribution in [3.63, 3.8) is 0 Å². The normalized spacial score (nSPS) is 10.9. The molecule has 0 atom stereocenters. The van der Waals surface area contributed by atoms with Crippen LogP contribution in [0.1, 0.15) is 26.3 Å². The Hall–Kier alpha value is -1.75. The molecule has 19 heavy (non-hydrogen) atoms. The van der Waals surface area contributed by atoms with Crippen LogP contribution in [0, 0.1) is 0 Å². The van der Waals surface area contributed by atoms with Gasteiger partial charge in [-0.2, -0.15) is 0 Å². The van der Waals surface area contributed by atoms with Crippen LogP contribution in [0.15, 0.2) is 24.3 Å². The third-order valence-corrected chi connectivity index (χ3v) is 2.12. The van der Waals surface area contributed by atoms with Crippen molar-refractivity contribution in [2.24, 2.45) is 0 Å². The Bertz CT molecular complexity index is 412. The summed E-state index contributed by atoms with van der Waals surface area (Å²) in [7, 11) is 0. The average molecular weight is 267 g/mol. The van der Waals surface area contributed by atoms with E-state index in [4.69, 9.17) is 14.6 Å². The summed E-state index contributed by atoms with van der Waals surface area (Å²) in [6, 6.07) is 7.17. The zero-order valence-corrected chi connectivity index (χ0v) is 11.6. The van der Waals surface area contributed by atoms with Gasteiger partial charge in [0, 0.05) is 0 Å². The van der Waals surface area contributed by atoms with Crippen LogP contribution in [0.25, 0.3) is 0 Å². The number of ether oxygens (including phenoxy) is 2. The molecule has 0 radical (unpaired) electrons. The van der Waals surface area contributed by atoms with E-state index in [1.165, 1.54) is 0 Å². The predicted molar refractivity (Wildman–Crippen MR) is 72.1 cm³/mol. The zero-order valence-electron chi connectivity index (χ0n) is 11.6. The van der Waals surface area contributed by atoms with Gasteiger partial charge in [-0.1, -0.05) is 12.1 Å². The molecule has 0 aromatic heterocycles. The average Bonchev–Trinajstić information content (AvgIpc) is 2.33. The third-order valence-electron chi connectivity index (χ3n) is 2.12. The van der Waals surface area contributed by atoms with Crippen molar-refractivity contribution >= 4 is 6.09 Å². The van der Waals surface area contributed by atoms with Crippen LogP contribution in [0.4, 0.5) is 4.79 Å². The van der Waals surface area contributed by atoms with Crippen LogP contribution in [0.3, 0.4) is 0 Å². The van der Waals surface area contributed by atoms with Crippen LogP contribution in [0.2, 0.25) is 0 Å². The second-order valence-electron chi connectivity index (χ2n) is 5.08. The maximum Gasteiger partial charge on any atom is 0.407 e. The standard InChI is InChI=1S/C14H21NO4/c1-14(2,3)19-13(17)15-7-8-18-12-6-4-5-11(9-12)10-16/h4-6,9,16H,7-8,10H2,1-3H3,(H,15,17). The van der Waals surface area contributed by atoms with Gasteiger partial charge in [-0.15, -0.1) is 0 Å². The quantitative estimate of drug-likeness (QED) is 0.801. The van der Waals surface area contributed by atoms with Gasteiger partial charge in [-0.05, 0) is 38.5 Å². The number of hydrogen-bond donors (Lipinski definition) is 2. The Balaban J connectivity index is 2.25. The Labute approximate surface area is 113 Å². The first kappa shape index (κ1) is 15.3. The molecule has 0 spiro atoms. The van der Waals surface area contributed by atoms with E-state index in [1.54, 1.807) is 12.1 Å². The molecule has 5 heteroatoms. The summed E-state index contributed by atoms with van der Waals surface area (Å²) in [5, 5.41) is 11.6. The minimum atomic E-state index is -0.500. The molecule has 0 heterocycles. The molecule has 0 saturated carbocycles. The van der Waals surface area contributed by atoms with E-state index < -0.39 is 11.7 Å². The maximum atomic E-state index is 11.3. The molecular formula is C14H21NO4. The van der Waals surface area contributed by atoms with Crippen LogP contribution in [-0.2, 0) is 11.3 Å². The van der Waals surface area contributed by atoms with E-state index in [9.17, 15) is 4.79 Å². The molecule has 0 unspecified atom stereocenters. The molecule has 1 aromatic carbocycles. The van der Waals surface area contributed by atoms with Crippen molar-refractivity contribution in [3.05, 3.63) is 29.8 Å². The van der Waals surface area contributed by atoms with Crippen LogP contribution in [0.5, 0.6) is 5.75 Å². The molecule has 0 bridgehead atoms. The van der Waals surface area contributed by atoms with E-state index in [2.05, 4.69) is 5.32 Å². The SMILES string of the molecule is CC(C)(C)OC(=O)NCCOc1cccc(CO)c1. The molecule has 0 aliphatic heterocycles. The van der Waals surface area contributed by atoms with Gasteiger partial charge in [0.1, 0.15) is 18.0 Å². The van der Waals surface area contributed by atoms with Gasteiger partial charge in [0.25, 0.3) is 0 Å². The predicted octanol–water partition coefficient (Wildman–Crippen LogP) is 2.08. The van der Waals surface area contributed by atoms with Crippen LogP contribution >= 0.6 is 0 Å². The maximum absolute atomic E-state index is 11.3. The highest BCUT2D eigenvalue weighted by Crippen LogP contribution is 2.12. The van der Waals surface area contributed by atoms with Gasteiger partial charge in [0.2, 0.25) is 0 Å². The van der Waals surface area contributed by atoms with E-state index in [1.807, 2.05) is 32.9 Å². The van der Waals surface area contributed by atoms with E-state index in [-0.39, 0.29) is 6.61 Å². The van der Waals surface area contributed by atoms with Gasteiger partial charge < -0.3 is 19.9 Å². The molecule has 2 N–H and O–H groups in total. The van der Waals surface area contributed by atoms with E-state index in [0.717, 1.165) is 5.56 Å². The molecule has 106 valence electrons. The lowest BCUT2D eigenvalue weighted by atomic mass is 10.2. The van der Waals surface area contributed by atoms with Crippen LogP contribution in [-0.4, -0.2) is 30.0 Å².